The number of carbonyl (C=O) groups is 2. The minimum absolute atomic E-state index is 0.0274. The Hall–Kier alpha value is -1.19. The van der Waals surface area contributed by atoms with E-state index >= 15 is 0 Å². The van der Waals surface area contributed by atoms with E-state index in [0.717, 1.165) is 0 Å². The Bertz CT molecular complexity index is 637. The Morgan fingerprint density at radius 3 is 2.68 bits per heavy atom. The zero-order valence-electron chi connectivity index (χ0n) is 16.0. The first-order chi connectivity index (χ1) is 13.3. The van der Waals surface area contributed by atoms with Crippen LogP contribution in [0.2, 0.25) is 0 Å². The number of nitrogens with one attached hydrogen (secondary N) is 3. The number of carbonyl (C=O) groups excluding carboxylic acids is 2. The molecule has 3 heterocycles. The number of hydrogen-bond donors (Lipinski definition) is 3. The predicted octanol–water partition coefficient (Wildman–Crippen LogP) is 0.653. The van der Waals surface area contributed by atoms with Crippen molar-refractivity contribution in [2.45, 2.75) is 69.6 Å². The monoisotopic (exact) mass is 403 g/mol. The van der Waals surface area contributed by atoms with E-state index in [4.69, 9.17) is 4.74 Å². The third-order valence-electron chi connectivity index (χ3n) is 6.76. The average Bonchev–Trinajstić information content (AvgIpc) is 3.23. The molecule has 4 rings (SSSR count). The van der Waals surface area contributed by atoms with Crippen LogP contribution in [0, 0.1) is 23.7 Å². The molecule has 158 valence electrons. The van der Waals surface area contributed by atoms with E-state index < -0.39 is 42.6 Å². The number of alkyl halides is 3. The van der Waals surface area contributed by atoms with Crippen molar-refractivity contribution < 1.29 is 27.5 Å². The lowest BCUT2D eigenvalue weighted by molar-refractivity contribution is -0.136. The molecule has 3 N–H and O–H groups in total. The fourth-order valence-electron chi connectivity index (χ4n) is 5.44. The lowest BCUT2D eigenvalue weighted by Gasteiger charge is -2.41. The number of rotatable bonds is 3. The number of piperidine rings is 1. The molecular formula is C19H28F3N3O3. The number of ether oxygens (including phenoxy) is 1. The third-order valence-corrected chi connectivity index (χ3v) is 6.76. The third kappa shape index (κ3) is 3.35. The number of amides is 1. The van der Waals surface area contributed by atoms with Crippen molar-refractivity contribution in [2.75, 3.05) is 13.2 Å². The smallest absolute Gasteiger partial charge is 0.226 e. The predicted molar refractivity (Wildman–Crippen MR) is 94.6 cm³/mol. The maximum absolute atomic E-state index is 14.2. The van der Waals surface area contributed by atoms with Crippen LogP contribution >= 0.6 is 0 Å². The highest BCUT2D eigenvalue weighted by Crippen LogP contribution is 2.43. The van der Waals surface area contributed by atoms with Gasteiger partial charge in [-0.2, -0.15) is 0 Å². The Morgan fingerprint density at radius 2 is 1.96 bits per heavy atom. The molecule has 28 heavy (non-hydrogen) atoms. The van der Waals surface area contributed by atoms with Crippen molar-refractivity contribution >= 4 is 11.7 Å². The van der Waals surface area contributed by atoms with Crippen molar-refractivity contribution in [3.63, 3.8) is 0 Å². The van der Waals surface area contributed by atoms with Gasteiger partial charge in [-0.05, 0) is 32.1 Å². The molecule has 1 aliphatic carbocycles. The van der Waals surface area contributed by atoms with Crippen LogP contribution in [0.25, 0.3) is 0 Å². The molecule has 3 aliphatic heterocycles. The van der Waals surface area contributed by atoms with Gasteiger partial charge < -0.3 is 15.4 Å². The summed E-state index contributed by atoms with van der Waals surface area (Å²) in [5, 5.41) is 9.12. The van der Waals surface area contributed by atoms with Crippen molar-refractivity contribution in [3.05, 3.63) is 0 Å². The van der Waals surface area contributed by atoms with Crippen LogP contribution in [0.4, 0.5) is 13.2 Å². The lowest BCUT2D eigenvalue weighted by Crippen LogP contribution is -2.58. The van der Waals surface area contributed by atoms with Crippen molar-refractivity contribution in [2.24, 2.45) is 23.7 Å². The van der Waals surface area contributed by atoms with Gasteiger partial charge in [-0.3, -0.25) is 14.9 Å². The first-order valence-corrected chi connectivity index (χ1v) is 10.1. The summed E-state index contributed by atoms with van der Waals surface area (Å²) in [6, 6.07) is -1.06. The van der Waals surface area contributed by atoms with Gasteiger partial charge in [0.15, 0.2) is 6.17 Å². The van der Waals surface area contributed by atoms with Gasteiger partial charge >= 0.3 is 0 Å². The Balaban J connectivity index is 1.44. The minimum Gasteiger partial charge on any atom is -0.362 e. The largest absolute Gasteiger partial charge is 0.362 e. The highest BCUT2D eigenvalue weighted by molar-refractivity contribution is 5.90. The molecule has 10 unspecified atom stereocenters. The molecule has 1 amide bonds. The van der Waals surface area contributed by atoms with Gasteiger partial charge in [0, 0.05) is 31.1 Å². The second-order valence-corrected chi connectivity index (χ2v) is 8.90. The SMILES string of the molecule is CC(C)NC(=O)C1COC2NC(C3CNC4C(F)C(F)C(F)CC34)CC(=O)C21. The summed E-state index contributed by atoms with van der Waals surface area (Å²) in [6.07, 6.45) is -6.25. The number of fused-ring (bicyclic) bond motifs is 2. The minimum atomic E-state index is -2.10. The van der Waals surface area contributed by atoms with Crippen LogP contribution in [0.15, 0.2) is 0 Å². The van der Waals surface area contributed by atoms with Crippen molar-refractivity contribution in [3.8, 4) is 0 Å². The van der Waals surface area contributed by atoms with E-state index in [-0.39, 0.29) is 55.1 Å². The van der Waals surface area contributed by atoms with Gasteiger partial charge in [0.2, 0.25) is 5.91 Å². The number of hydrogen-bond acceptors (Lipinski definition) is 5. The van der Waals surface area contributed by atoms with E-state index in [9.17, 15) is 22.8 Å². The highest BCUT2D eigenvalue weighted by atomic mass is 19.2. The molecule has 0 radical (unpaired) electrons. The summed E-state index contributed by atoms with van der Waals surface area (Å²) < 4.78 is 47.6. The molecule has 0 spiro atoms. The first kappa shape index (κ1) is 20.1. The van der Waals surface area contributed by atoms with E-state index in [1.807, 2.05) is 13.8 Å². The number of halogens is 3. The fraction of sp³-hybridized carbons (Fsp3) is 0.895. The van der Waals surface area contributed by atoms with E-state index in [1.165, 1.54) is 0 Å². The van der Waals surface area contributed by atoms with Crippen LogP contribution in [-0.2, 0) is 14.3 Å². The second kappa shape index (κ2) is 7.57. The summed E-state index contributed by atoms with van der Waals surface area (Å²) in [4.78, 5) is 25.2. The fourth-order valence-corrected chi connectivity index (χ4v) is 5.44. The Labute approximate surface area is 162 Å². The van der Waals surface area contributed by atoms with E-state index in [1.54, 1.807) is 0 Å². The first-order valence-electron chi connectivity index (χ1n) is 10.1. The molecule has 4 aliphatic rings. The van der Waals surface area contributed by atoms with Crippen LogP contribution in [0.3, 0.4) is 0 Å². The molecule has 3 saturated heterocycles. The summed E-state index contributed by atoms with van der Waals surface area (Å²) in [5.74, 6) is -1.90. The van der Waals surface area contributed by atoms with Crippen LogP contribution in [0.5, 0.6) is 0 Å². The van der Waals surface area contributed by atoms with Gasteiger partial charge in [0.1, 0.15) is 24.4 Å². The summed E-state index contributed by atoms with van der Waals surface area (Å²) in [5.41, 5.74) is 0. The summed E-state index contributed by atoms with van der Waals surface area (Å²) >= 11 is 0. The van der Waals surface area contributed by atoms with E-state index in [0.29, 0.717) is 6.54 Å². The quantitative estimate of drug-likeness (QED) is 0.645. The molecule has 0 aromatic carbocycles. The van der Waals surface area contributed by atoms with Gasteiger partial charge in [-0.15, -0.1) is 0 Å². The average molecular weight is 403 g/mol. The molecule has 10 atom stereocenters. The zero-order chi connectivity index (χ0) is 20.2. The molecule has 9 heteroatoms. The lowest BCUT2D eigenvalue weighted by atomic mass is 9.72. The van der Waals surface area contributed by atoms with Crippen LogP contribution < -0.4 is 16.0 Å². The van der Waals surface area contributed by atoms with E-state index in [2.05, 4.69) is 16.0 Å². The Kier molecular flexibility index (Phi) is 5.43. The second-order valence-electron chi connectivity index (χ2n) is 8.90. The number of ketones is 1. The van der Waals surface area contributed by atoms with Crippen molar-refractivity contribution in [1.29, 1.82) is 0 Å². The van der Waals surface area contributed by atoms with Gasteiger partial charge in [-0.25, -0.2) is 13.2 Å². The van der Waals surface area contributed by atoms with Gasteiger partial charge in [0.05, 0.1) is 18.4 Å². The normalized spacial score (nSPS) is 48.4. The summed E-state index contributed by atoms with van der Waals surface area (Å²) in [6.45, 7) is 4.27. The van der Waals surface area contributed by atoms with Crippen molar-refractivity contribution in [1.82, 2.24) is 16.0 Å². The molecule has 0 bridgehead atoms. The summed E-state index contributed by atoms with van der Waals surface area (Å²) in [7, 11) is 0. The molecule has 0 aromatic heterocycles. The highest BCUT2D eigenvalue weighted by Gasteiger charge is 2.56. The number of Topliss-reactive ketones (excluding diaryl/α,β-unsaturated/α-hetero) is 1. The molecule has 1 saturated carbocycles. The standard InChI is InChI=1S/C19H28F3N3O3/c1-7(2)24-18(27)10-6-28-19-14(10)13(26)4-12(25-19)9-5-23-17-8(9)3-11(20)15(21)16(17)22/h7-12,14-17,19,23,25H,3-6H2,1-2H3,(H,24,27). The van der Waals surface area contributed by atoms with Gasteiger partial charge in [-0.1, -0.05) is 0 Å². The molecule has 0 aromatic rings. The van der Waals surface area contributed by atoms with Crippen LogP contribution in [0.1, 0.15) is 26.7 Å². The maximum Gasteiger partial charge on any atom is 0.226 e. The van der Waals surface area contributed by atoms with Gasteiger partial charge in [0.25, 0.3) is 0 Å². The maximum atomic E-state index is 14.2. The Morgan fingerprint density at radius 1 is 1.21 bits per heavy atom. The molecule has 6 nitrogen and oxygen atoms in total. The topological polar surface area (TPSA) is 79.5 Å². The van der Waals surface area contributed by atoms with Crippen LogP contribution in [-0.4, -0.2) is 67.7 Å². The zero-order valence-corrected chi connectivity index (χ0v) is 16.0. The molecule has 4 fully saturated rings. The molecular weight excluding hydrogens is 375 g/mol.